The smallest absolute Gasteiger partial charge is 0.0352 e. The molecule has 2 N–H and O–H groups in total. The molecule has 3 rings (SSSR count). The Labute approximate surface area is 127 Å². The zero-order chi connectivity index (χ0) is 14.8. The molecule has 0 radical (unpaired) electrons. The minimum absolute atomic E-state index is 0.401. The summed E-state index contributed by atoms with van der Waals surface area (Å²) in [7, 11) is 2.18. The number of fused-ring (bicyclic) bond motifs is 1. The van der Waals surface area contributed by atoms with Crippen LogP contribution in [0.1, 0.15) is 18.5 Å². The molecule has 21 heavy (non-hydrogen) atoms. The Kier molecular flexibility index (Phi) is 4.24. The van der Waals surface area contributed by atoms with Crippen LogP contribution in [-0.4, -0.2) is 49.1 Å². The van der Waals surface area contributed by atoms with Gasteiger partial charge in [-0.1, -0.05) is 42.5 Å². The standard InChI is InChI=1S/C18H25N3/c1-14(21-11-10-20(2)13-16(21)12-19)17-9-5-7-15-6-3-4-8-18(15)17/h3-9,14,16H,10-13,19H2,1-2H3. The summed E-state index contributed by atoms with van der Waals surface area (Å²) in [6.07, 6.45) is 0. The van der Waals surface area contributed by atoms with Gasteiger partial charge in [-0.25, -0.2) is 0 Å². The number of nitrogens with two attached hydrogens (primary N) is 1. The number of likely N-dealkylation sites (N-methyl/N-ethyl adjacent to an activating group) is 1. The van der Waals surface area contributed by atoms with Crippen molar-refractivity contribution in [1.82, 2.24) is 9.80 Å². The van der Waals surface area contributed by atoms with Crippen molar-refractivity contribution in [3.05, 3.63) is 48.0 Å². The second-order valence-corrected chi connectivity index (χ2v) is 6.13. The molecule has 0 bridgehead atoms. The zero-order valence-electron chi connectivity index (χ0n) is 13.0. The van der Waals surface area contributed by atoms with E-state index >= 15 is 0 Å². The molecule has 2 aromatic rings. The molecule has 3 heteroatoms. The zero-order valence-corrected chi connectivity index (χ0v) is 13.0. The molecule has 0 saturated carbocycles. The van der Waals surface area contributed by atoms with Crippen LogP contribution in [0.4, 0.5) is 0 Å². The van der Waals surface area contributed by atoms with Gasteiger partial charge in [-0.2, -0.15) is 0 Å². The van der Waals surface area contributed by atoms with E-state index in [1.54, 1.807) is 0 Å². The van der Waals surface area contributed by atoms with Gasteiger partial charge in [0.15, 0.2) is 0 Å². The number of nitrogens with zero attached hydrogens (tertiary/aromatic N) is 2. The maximum atomic E-state index is 6.02. The van der Waals surface area contributed by atoms with E-state index < -0.39 is 0 Å². The van der Waals surface area contributed by atoms with E-state index in [4.69, 9.17) is 5.73 Å². The van der Waals surface area contributed by atoms with Crippen molar-refractivity contribution in [2.75, 3.05) is 33.2 Å². The highest BCUT2D eigenvalue weighted by Crippen LogP contribution is 2.30. The highest BCUT2D eigenvalue weighted by atomic mass is 15.3. The largest absolute Gasteiger partial charge is 0.329 e. The molecule has 1 fully saturated rings. The Hall–Kier alpha value is -1.42. The molecule has 1 aliphatic heterocycles. The van der Waals surface area contributed by atoms with E-state index in [0.717, 1.165) is 26.2 Å². The molecule has 0 aromatic heterocycles. The maximum Gasteiger partial charge on any atom is 0.0352 e. The molecular weight excluding hydrogens is 258 g/mol. The monoisotopic (exact) mass is 283 g/mol. The highest BCUT2D eigenvalue weighted by molar-refractivity contribution is 5.86. The van der Waals surface area contributed by atoms with E-state index in [2.05, 4.69) is 66.2 Å². The summed E-state index contributed by atoms with van der Waals surface area (Å²) in [5.41, 5.74) is 7.43. The lowest BCUT2D eigenvalue weighted by Gasteiger charge is -2.43. The molecular formula is C18H25N3. The van der Waals surface area contributed by atoms with Gasteiger partial charge in [-0.3, -0.25) is 4.90 Å². The lowest BCUT2D eigenvalue weighted by Crippen LogP contribution is -2.55. The molecule has 1 heterocycles. The quantitative estimate of drug-likeness (QED) is 0.939. The van der Waals surface area contributed by atoms with Gasteiger partial charge in [0.05, 0.1) is 0 Å². The average Bonchev–Trinajstić information content (AvgIpc) is 2.53. The molecule has 2 atom stereocenters. The summed E-state index contributed by atoms with van der Waals surface area (Å²) in [6, 6.07) is 16.1. The van der Waals surface area contributed by atoms with Gasteiger partial charge in [0.1, 0.15) is 0 Å². The fraction of sp³-hybridized carbons (Fsp3) is 0.444. The normalized spacial score (nSPS) is 22.5. The lowest BCUT2D eigenvalue weighted by atomic mass is 9.97. The first-order valence-corrected chi connectivity index (χ1v) is 7.82. The van der Waals surface area contributed by atoms with Gasteiger partial charge in [-0.15, -0.1) is 0 Å². The Morgan fingerprint density at radius 2 is 1.90 bits per heavy atom. The van der Waals surface area contributed by atoms with Crippen LogP contribution in [0.2, 0.25) is 0 Å². The van der Waals surface area contributed by atoms with E-state index in [9.17, 15) is 0 Å². The molecule has 1 saturated heterocycles. The van der Waals surface area contributed by atoms with Crippen molar-refractivity contribution in [3.63, 3.8) is 0 Å². The number of benzene rings is 2. The van der Waals surface area contributed by atoms with Crippen molar-refractivity contribution in [2.24, 2.45) is 5.73 Å². The van der Waals surface area contributed by atoms with E-state index in [0.29, 0.717) is 12.1 Å². The maximum absolute atomic E-state index is 6.02. The predicted octanol–water partition coefficient (Wildman–Crippen LogP) is 2.48. The third kappa shape index (κ3) is 2.82. The lowest BCUT2D eigenvalue weighted by molar-refractivity contribution is 0.0626. The van der Waals surface area contributed by atoms with Crippen LogP contribution in [-0.2, 0) is 0 Å². The number of hydrogen-bond donors (Lipinski definition) is 1. The van der Waals surface area contributed by atoms with Crippen molar-refractivity contribution >= 4 is 10.8 Å². The fourth-order valence-corrected chi connectivity index (χ4v) is 3.54. The first kappa shape index (κ1) is 14.5. The number of piperazine rings is 1. The Morgan fingerprint density at radius 3 is 2.71 bits per heavy atom. The summed E-state index contributed by atoms with van der Waals surface area (Å²) >= 11 is 0. The van der Waals surface area contributed by atoms with Gasteiger partial charge >= 0.3 is 0 Å². The fourth-order valence-electron chi connectivity index (χ4n) is 3.54. The van der Waals surface area contributed by atoms with Crippen LogP contribution in [0.15, 0.2) is 42.5 Å². The third-order valence-corrected chi connectivity index (χ3v) is 4.77. The number of hydrogen-bond acceptors (Lipinski definition) is 3. The van der Waals surface area contributed by atoms with Gasteiger partial charge in [0.25, 0.3) is 0 Å². The summed E-state index contributed by atoms with van der Waals surface area (Å²) in [5, 5.41) is 2.68. The highest BCUT2D eigenvalue weighted by Gasteiger charge is 2.29. The first-order chi connectivity index (χ1) is 10.2. The molecule has 0 amide bonds. The average molecular weight is 283 g/mol. The van der Waals surface area contributed by atoms with Crippen LogP contribution in [0.3, 0.4) is 0 Å². The Morgan fingerprint density at radius 1 is 1.14 bits per heavy atom. The van der Waals surface area contributed by atoms with E-state index in [1.807, 2.05) is 0 Å². The molecule has 2 unspecified atom stereocenters. The predicted molar refractivity (Wildman–Crippen MR) is 89.4 cm³/mol. The topological polar surface area (TPSA) is 32.5 Å². The van der Waals surface area contributed by atoms with Crippen molar-refractivity contribution in [2.45, 2.75) is 19.0 Å². The van der Waals surface area contributed by atoms with E-state index in [-0.39, 0.29) is 0 Å². The Bertz CT molecular complexity index is 605. The summed E-state index contributed by atoms with van der Waals surface area (Å²) in [5.74, 6) is 0. The third-order valence-electron chi connectivity index (χ3n) is 4.77. The molecule has 0 spiro atoms. The van der Waals surface area contributed by atoms with Crippen molar-refractivity contribution in [3.8, 4) is 0 Å². The molecule has 112 valence electrons. The summed E-state index contributed by atoms with van der Waals surface area (Å²) in [4.78, 5) is 4.95. The minimum Gasteiger partial charge on any atom is -0.329 e. The molecule has 3 nitrogen and oxygen atoms in total. The van der Waals surface area contributed by atoms with Crippen LogP contribution >= 0.6 is 0 Å². The second kappa shape index (κ2) is 6.14. The molecule has 2 aromatic carbocycles. The summed E-state index contributed by atoms with van der Waals surface area (Å²) in [6.45, 7) is 6.30. The minimum atomic E-state index is 0.401. The summed E-state index contributed by atoms with van der Waals surface area (Å²) < 4.78 is 0. The SMILES string of the molecule is CC(c1cccc2ccccc12)N1CCN(C)CC1CN. The van der Waals surface area contributed by atoms with Gasteiger partial charge < -0.3 is 10.6 Å². The Balaban J connectivity index is 1.94. The number of rotatable bonds is 3. The van der Waals surface area contributed by atoms with Gasteiger partial charge in [0.2, 0.25) is 0 Å². The molecule has 1 aliphatic rings. The van der Waals surface area contributed by atoms with Gasteiger partial charge in [0, 0.05) is 38.3 Å². The molecule has 0 aliphatic carbocycles. The van der Waals surface area contributed by atoms with Crippen LogP contribution < -0.4 is 5.73 Å². The van der Waals surface area contributed by atoms with Crippen LogP contribution in [0.5, 0.6) is 0 Å². The van der Waals surface area contributed by atoms with Crippen LogP contribution in [0, 0.1) is 0 Å². The second-order valence-electron chi connectivity index (χ2n) is 6.13. The van der Waals surface area contributed by atoms with Crippen molar-refractivity contribution in [1.29, 1.82) is 0 Å². The first-order valence-electron chi connectivity index (χ1n) is 7.82. The van der Waals surface area contributed by atoms with Crippen LogP contribution in [0.25, 0.3) is 10.8 Å². The van der Waals surface area contributed by atoms with Gasteiger partial charge in [-0.05, 0) is 30.3 Å². The van der Waals surface area contributed by atoms with E-state index in [1.165, 1.54) is 16.3 Å². The van der Waals surface area contributed by atoms with Crippen molar-refractivity contribution < 1.29 is 0 Å².